The molecule has 2 nitrogen and oxygen atoms in total. The maximum atomic E-state index is 4.73. The number of fused-ring (bicyclic) bond motifs is 3. The molecule has 0 aliphatic carbocycles. The van der Waals surface area contributed by atoms with Crippen molar-refractivity contribution >= 4 is 33.1 Å². The van der Waals surface area contributed by atoms with Crippen LogP contribution in [0.5, 0.6) is 0 Å². The molecule has 0 saturated heterocycles. The molecule has 4 aromatic carbocycles. The van der Waals surface area contributed by atoms with Gasteiger partial charge in [-0.15, -0.1) is 0 Å². The summed E-state index contributed by atoms with van der Waals surface area (Å²) in [5.41, 5.74) is 9.00. The van der Waals surface area contributed by atoms with Crippen molar-refractivity contribution in [2.45, 2.75) is 13.8 Å². The van der Waals surface area contributed by atoms with Crippen LogP contribution in [-0.4, -0.2) is 10.3 Å². The van der Waals surface area contributed by atoms with E-state index in [9.17, 15) is 0 Å². The molecule has 2 heteroatoms. The Bertz CT molecular complexity index is 1460. The van der Waals surface area contributed by atoms with E-state index in [0.29, 0.717) is 0 Å². The van der Waals surface area contributed by atoms with Crippen LogP contribution in [0.1, 0.15) is 23.6 Å². The van der Waals surface area contributed by atoms with Gasteiger partial charge in [0.1, 0.15) is 0 Å². The molecule has 5 rings (SSSR count). The number of hydrogen-bond donors (Lipinski definition) is 0. The lowest BCUT2D eigenvalue weighted by molar-refractivity contribution is 1.18. The van der Waals surface area contributed by atoms with Gasteiger partial charge in [0.25, 0.3) is 0 Å². The first kappa shape index (κ1) is 20.7. The fraction of sp³-hybridized carbons (Fsp3) is 0.0645. The highest BCUT2D eigenvalue weighted by molar-refractivity contribution is 6.10. The minimum absolute atomic E-state index is 0.857. The van der Waals surface area contributed by atoms with Crippen LogP contribution in [0.2, 0.25) is 0 Å². The molecule has 5 aromatic rings. The average Bonchev–Trinajstić information content (AvgIpc) is 3.20. The van der Waals surface area contributed by atoms with Crippen LogP contribution in [0.15, 0.2) is 121 Å². The molecular formula is C31H26N2. The Morgan fingerprint density at radius 1 is 0.727 bits per heavy atom. The van der Waals surface area contributed by atoms with E-state index in [0.717, 1.165) is 22.5 Å². The van der Waals surface area contributed by atoms with Crippen LogP contribution >= 0.6 is 0 Å². The molecule has 0 aliphatic heterocycles. The predicted octanol–water partition coefficient (Wildman–Crippen LogP) is 8.13. The SMILES string of the molecule is C=CC(=N/C=C(\C)c1ccc(C)cc1)c1ccc(-n2c3ccccc3c3ccccc32)cc1. The zero-order chi connectivity index (χ0) is 22.8. The molecule has 0 spiro atoms. The molecule has 33 heavy (non-hydrogen) atoms. The van der Waals surface area contributed by atoms with Crippen molar-refractivity contribution in [2.75, 3.05) is 0 Å². The number of aryl methyl sites for hydroxylation is 1. The summed E-state index contributed by atoms with van der Waals surface area (Å²) in [6.45, 7) is 8.17. The molecule has 1 aromatic heterocycles. The Kier molecular flexibility index (Phi) is 5.50. The molecule has 160 valence electrons. The highest BCUT2D eigenvalue weighted by atomic mass is 15.0. The van der Waals surface area contributed by atoms with E-state index in [4.69, 9.17) is 4.99 Å². The smallest absolute Gasteiger partial charge is 0.0696 e. The maximum Gasteiger partial charge on any atom is 0.0696 e. The second-order valence-electron chi connectivity index (χ2n) is 8.31. The Balaban J connectivity index is 1.52. The first-order valence-corrected chi connectivity index (χ1v) is 11.2. The standard InChI is InChI=1S/C31H26N2/c1-4-29(32-21-23(3)24-15-13-22(2)14-16-24)25-17-19-26(20-18-25)33-30-11-7-5-9-27(30)28-10-6-8-12-31(28)33/h4-21H,1H2,2-3H3/b23-21+,32-29?. The molecule has 0 amide bonds. The number of hydrogen-bond acceptors (Lipinski definition) is 1. The second kappa shape index (κ2) is 8.76. The molecule has 0 aliphatic rings. The van der Waals surface area contributed by atoms with E-state index in [-0.39, 0.29) is 0 Å². The number of aliphatic imine (C=N–C) groups is 1. The largest absolute Gasteiger partial charge is 0.309 e. The Hall–Kier alpha value is -4.17. The van der Waals surface area contributed by atoms with E-state index in [1.807, 2.05) is 12.3 Å². The number of para-hydroxylation sites is 2. The molecular weight excluding hydrogens is 400 g/mol. The molecule has 0 saturated carbocycles. The van der Waals surface area contributed by atoms with E-state index >= 15 is 0 Å². The van der Waals surface area contributed by atoms with Crippen LogP contribution in [0.3, 0.4) is 0 Å². The van der Waals surface area contributed by atoms with E-state index in [1.54, 1.807) is 0 Å². The number of aromatic nitrogens is 1. The summed E-state index contributed by atoms with van der Waals surface area (Å²) in [6, 6.07) is 34.2. The molecule has 0 fully saturated rings. The lowest BCUT2D eigenvalue weighted by atomic mass is 10.1. The summed E-state index contributed by atoms with van der Waals surface area (Å²) in [6.07, 6.45) is 3.73. The summed E-state index contributed by atoms with van der Waals surface area (Å²) in [4.78, 5) is 4.73. The summed E-state index contributed by atoms with van der Waals surface area (Å²) < 4.78 is 2.32. The summed E-state index contributed by atoms with van der Waals surface area (Å²) >= 11 is 0. The summed E-state index contributed by atoms with van der Waals surface area (Å²) in [7, 11) is 0. The minimum atomic E-state index is 0.857. The van der Waals surface area contributed by atoms with Crippen LogP contribution in [-0.2, 0) is 0 Å². The highest BCUT2D eigenvalue weighted by Gasteiger charge is 2.11. The Morgan fingerprint density at radius 3 is 1.85 bits per heavy atom. The van der Waals surface area contributed by atoms with Crippen molar-refractivity contribution in [1.29, 1.82) is 0 Å². The molecule has 0 unspecified atom stereocenters. The van der Waals surface area contributed by atoms with Crippen molar-refractivity contribution in [1.82, 2.24) is 4.57 Å². The number of benzene rings is 4. The van der Waals surface area contributed by atoms with Gasteiger partial charge in [-0.3, -0.25) is 4.99 Å². The van der Waals surface area contributed by atoms with Gasteiger partial charge in [-0.05, 0) is 55.3 Å². The van der Waals surface area contributed by atoms with Crippen LogP contribution in [0.4, 0.5) is 0 Å². The third-order valence-electron chi connectivity index (χ3n) is 6.10. The summed E-state index contributed by atoms with van der Waals surface area (Å²) in [5, 5.41) is 2.53. The van der Waals surface area contributed by atoms with Gasteiger partial charge in [-0.2, -0.15) is 0 Å². The van der Waals surface area contributed by atoms with Gasteiger partial charge in [0.15, 0.2) is 0 Å². The zero-order valence-electron chi connectivity index (χ0n) is 19.0. The molecule has 0 bridgehead atoms. The fourth-order valence-electron chi connectivity index (χ4n) is 4.28. The minimum Gasteiger partial charge on any atom is -0.309 e. The molecule has 1 heterocycles. The topological polar surface area (TPSA) is 17.3 Å². The first-order chi connectivity index (χ1) is 16.2. The van der Waals surface area contributed by atoms with Crippen LogP contribution in [0, 0.1) is 6.92 Å². The third kappa shape index (κ3) is 3.92. The van der Waals surface area contributed by atoms with Crippen molar-refractivity contribution in [3.63, 3.8) is 0 Å². The van der Waals surface area contributed by atoms with E-state index < -0.39 is 0 Å². The van der Waals surface area contributed by atoms with Gasteiger partial charge in [0, 0.05) is 28.2 Å². The summed E-state index contributed by atoms with van der Waals surface area (Å²) in [5.74, 6) is 0. The normalized spacial score (nSPS) is 12.4. The van der Waals surface area contributed by atoms with Gasteiger partial charge >= 0.3 is 0 Å². The quantitative estimate of drug-likeness (QED) is 0.252. The lowest BCUT2D eigenvalue weighted by Crippen LogP contribution is -1.98. The molecule has 0 radical (unpaired) electrons. The van der Waals surface area contributed by atoms with E-state index in [2.05, 4.69) is 122 Å². The monoisotopic (exact) mass is 426 g/mol. The van der Waals surface area contributed by atoms with Crippen LogP contribution < -0.4 is 0 Å². The Morgan fingerprint density at radius 2 is 1.27 bits per heavy atom. The predicted molar refractivity (Wildman–Crippen MR) is 142 cm³/mol. The maximum absolute atomic E-state index is 4.73. The van der Waals surface area contributed by atoms with Crippen molar-refractivity contribution in [3.8, 4) is 5.69 Å². The zero-order valence-corrected chi connectivity index (χ0v) is 19.0. The fourth-order valence-corrected chi connectivity index (χ4v) is 4.28. The Labute approximate surface area is 194 Å². The molecule has 0 atom stereocenters. The first-order valence-electron chi connectivity index (χ1n) is 11.2. The number of nitrogens with zero attached hydrogens (tertiary/aromatic N) is 2. The molecule has 0 N–H and O–H groups in total. The van der Waals surface area contributed by atoms with Gasteiger partial charge in [-0.1, -0.05) is 84.9 Å². The van der Waals surface area contributed by atoms with Gasteiger partial charge in [0.05, 0.1) is 16.7 Å². The van der Waals surface area contributed by atoms with Gasteiger partial charge < -0.3 is 4.57 Å². The third-order valence-corrected chi connectivity index (χ3v) is 6.10. The van der Waals surface area contributed by atoms with E-state index in [1.165, 1.54) is 32.9 Å². The van der Waals surface area contributed by atoms with Crippen molar-refractivity contribution in [3.05, 3.63) is 133 Å². The number of allylic oxidation sites excluding steroid dienone is 2. The second-order valence-corrected chi connectivity index (χ2v) is 8.31. The average molecular weight is 427 g/mol. The van der Waals surface area contributed by atoms with Crippen LogP contribution in [0.25, 0.3) is 33.1 Å². The van der Waals surface area contributed by atoms with Crippen molar-refractivity contribution < 1.29 is 0 Å². The van der Waals surface area contributed by atoms with Crippen molar-refractivity contribution in [2.24, 2.45) is 4.99 Å². The van der Waals surface area contributed by atoms with Gasteiger partial charge in [0.2, 0.25) is 0 Å². The highest BCUT2D eigenvalue weighted by Crippen LogP contribution is 2.31. The lowest BCUT2D eigenvalue weighted by Gasteiger charge is -2.09. The number of rotatable bonds is 5. The van der Waals surface area contributed by atoms with Gasteiger partial charge in [-0.25, -0.2) is 0 Å².